The second-order valence-corrected chi connectivity index (χ2v) is 6.59. The molecular formula is C9H10F3N3O4S. The minimum absolute atomic E-state index is 0.0360. The highest BCUT2D eigenvalue weighted by atomic mass is 32.2. The van der Waals surface area contributed by atoms with E-state index >= 15 is 0 Å². The molecule has 0 aromatic carbocycles. The highest BCUT2D eigenvalue weighted by Crippen LogP contribution is 2.28. The van der Waals surface area contributed by atoms with Crippen LogP contribution < -0.4 is 4.73 Å². The number of aromatic nitrogens is 1. The summed E-state index contributed by atoms with van der Waals surface area (Å²) in [6.45, 7) is 1.28. The van der Waals surface area contributed by atoms with Gasteiger partial charge in [0.2, 0.25) is 0 Å². The van der Waals surface area contributed by atoms with Crippen molar-refractivity contribution in [2.24, 2.45) is 4.47 Å². The molecule has 0 amide bonds. The van der Waals surface area contributed by atoms with Crippen molar-refractivity contribution in [1.82, 2.24) is 0 Å². The molecule has 1 heterocycles. The fourth-order valence-corrected chi connectivity index (χ4v) is 2.46. The zero-order chi connectivity index (χ0) is 15.7. The molecule has 1 rings (SSSR count). The second-order valence-electron chi connectivity index (χ2n) is 3.99. The van der Waals surface area contributed by atoms with Gasteiger partial charge in [-0.2, -0.15) is 17.9 Å². The molecule has 112 valence electrons. The molecule has 0 bridgehead atoms. The van der Waals surface area contributed by atoms with Crippen molar-refractivity contribution in [3.63, 3.8) is 0 Å². The Morgan fingerprint density at radius 2 is 2.00 bits per heavy atom. The van der Waals surface area contributed by atoms with Gasteiger partial charge < -0.3 is 5.21 Å². The first kappa shape index (κ1) is 16.1. The maximum Gasteiger partial charge on any atom is 0.478 e. The van der Waals surface area contributed by atoms with Gasteiger partial charge in [0.25, 0.3) is 5.69 Å². The van der Waals surface area contributed by atoms with Crippen LogP contribution in [-0.4, -0.2) is 15.5 Å². The smallest absolute Gasteiger partial charge is 0.478 e. The average Bonchev–Trinajstić information content (AvgIpc) is 2.24. The van der Waals surface area contributed by atoms with E-state index in [0.29, 0.717) is 12.3 Å². The van der Waals surface area contributed by atoms with Crippen LogP contribution in [-0.2, 0) is 15.9 Å². The Labute approximate surface area is 111 Å². The van der Waals surface area contributed by atoms with E-state index < -0.39 is 36.6 Å². The fourth-order valence-electron chi connectivity index (χ4n) is 1.41. The maximum atomic E-state index is 12.4. The van der Waals surface area contributed by atoms with Crippen molar-refractivity contribution >= 4 is 9.73 Å². The van der Waals surface area contributed by atoms with E-state index in [1.54, 1.807) is 0 Å². The van der Waals surface area contributed by atoms with Gasteiger partial charge in [0.05, 0.1) is 5.25 Å². The molecule has 0 aliphatic rings. The zero-order valence-electron chi connectivity index (χ0n) is 10.3. The number of nitrogens with zero attached hydrogens (tertiary/aromatic N) is 3. The first-order valence-corrected chi connectivity index (χ1v) is 7.09. The summed E-state index contributed by atoms with van der Waals surface area (Å²) in [5.74, 6) is 0. The Bertz CT molecular complexity index is 652. The van der Waals surface area contributed by atoms with Gasteiger partial charge in [-0.1, -0.05) is 0 Å². The van der Waals surface area contributed by atoms with Crippen LogP contribution in [0, 0.1) is 15.3 Å². The standard InChI is InChI=1S/C9H10F3N3O4S/c1-6(20(2,19)13-15(17)18)7-3-4-8(9(10,11)12)14(16)5-7/h3-6H,1-2H3. The first-order chi connectivity index (χ1) is 8.95. The summed E-state index contributed by atoms with van der Waals surface area (Å²) in [6.07, 6.45) is -3.23. The summed E-state index contributed by atoms with van der Waals surface area (Å²) in [5.41, 5.74) is -1.46. The van der Waals surface area contributed by atoms with E-state index in [0.717, 1.165) is 12.3 Å². The first-order valence-electron chi connectivity index (χ1n) is 5.11. The van der Waals surface area contributed by atoms with Gasteiger partial charge in [-0.15, -0.1) is 0 Å². The number of alkyl halides is 3. The van der Waals surface area contributed by atoms with E-state index in [1.165, 1.54) is 6.92 Å². The Hall–Kier alpha value is -1.91. The van der Waals surface area contributed by atoms with Crippen molar-refractivity contribution < 1.29 is 27.1 Å². The van der Waals surface area contributed by atoms with E-state index in [1.807, 2.05) is 0 Å². The van der Waals surface area contributed by atoms with Crippen LogP contribution in [0.3, 0.4) is 0 Å². The molecule has 0 radical (unpaired) electrons. The Balaban J connectivity index is 3.27. The summed E-state index contributed by atoms with van der Waals surface area (Å²) in [4.78, 5) is 10.2. The molecule has 1 aromatic heterocycles. The van der Waals surface area contributed by atoms with Crippen LogP contribution in [0.2, 0.25) is 0 Å². The molecule has 0 saturated heterocycles. The average molecular weight is 313 g/mol. The van der Waals surface area contributed by atoms with Crippen LogP contribution in [0.4, 0.5) is 13.2 Å². The SMILES string of the molecule is CC(c1ccc(C(F)(F)F)[n+]([O-])c1)S(C)(=O)=N[N+](=O)[O-]. The third-order valence-electron chi connectivity index (χ3n) is 2.58. The number of nitro groups is 1. The predicted octanol–water partition coefficient (Wildman–Crippen LogP) is 1.69. The number of hydrogen-bond donors (Lipinski definition) is 0. The van der Waals surface area contributed by atoms with Crippen molar-refractivity contribution in [3.05, 3.63) is 44.9 Å². The van der Waals surface area contributed by atoms with E-state index in [2.05, 4.69) is 4.47 Å². The molecular weight excluding hydrogens is 303 g/mol. The topological polar surface area (TPSA) is 99.5 Å². The van der Waals surface area contributed by atoms with Crippen LogP contribution in [0.1, 0.15) is 23.4 Å². The molecule has 0 saturated carbocycles. The number of pyridine rings is 1. The Morgan fingerprint density at radius 3 is 2.40 bits per heavy atom. The van der Waals surface area contributed by atoms with Crippen LogP contribution in [0.5, 0.6) is 0 Å². The van der Waals surface area contributed by atoms with Gasteiger partial charge in [0, 0.05) is 17.9 Å². The number of rotatable bonds is 3. The lowest BCUT2D eigenvalue weighted by Gasteiger charge is -2.13. The summed E-state index contributed by atoms with van der Waals surface area (Å²) in [6, 6.07) is 1.47. The molecule has 0 N–H and O–H groups in total. The summed E-state index contributed by atoms with van der Waals surface area (Å²) < 4.78 is 51.5. The third-order valence-corrected chi connectivity index (χ3v) is 4.62. The Kier molecular flexibility index (Phi) is 4.22. The van der Waals surface area contributed by atoms with E-state index in [9.17, 15) is 32.7 Å². The molecule has 2 unspecified atom stereocenters. The highest BCUT2D eigenvalue weighted by molar-refractivity contribution is 7.93. The van der Waals surface area contributed by atoms with Gasteiger partial charge in [0.1, 0.15) is 14.2 Å². The minimum Gasteiger partial charge on any atom is -0.618 e. The minimum atomic E-state index is -4.82. The molecule has 1 aromatic rings. The lowest BCUT2D eigenvalue weighted by molar-refractivity contribution is -0.629. The van der Waals surface area contributed by atoms with Crippen molar-refractivity contribution in [3.8, 4) is 0 Å². The summed E-state index contributed by atoms with van der Waals surface area (Å²) in [5, 5.41) is 19.3. The molecule has 2 atom stereocenters. The van der Waals surface area contributed by atoms with Crippen molar-refractivity contribution in [2.45, 2.75) is 18.3 Å². The van der Waals surface area contributed by atoms with Gasteiger partial charge in [-0.3, -0.25) is 0 Å². The zero-order valence-corrected chi connectivity index (χ0v) is 11.1. The fraction of sp³-hybridized carbons (Fsp3) is 0.444. The molecule has 20 heavy (non-hydrogen) atoms. The lowest BCUT2D eigenvalue weighted by atomic mass is 10.2. The lowest BCUT2D eigenvalue weighted by Crippen LogP contribution is -2.37. The Morgan fingerprint density at radius 1 is 1.45 bits per heavy atom. The predicted molar refractivity (Wildman–Crippen MR) is 62.3 cm³/mol. The largest absolute Gasteiger partial charge is 0.618 e. The second kappa shape index (κ2) is 5.23. The monoisotopic (exact) mass is 313 g/mol. The molecule has 0 aliphatic heterocycles. The molecule has 0 spiro atoms. The quantitative estimate of drug-likeness (QED) is 0.367. The third kappa shape index (κ3) is 3.56. The molecule has 0 aliphatic carbocycles. The van der Waals surface area contributed by atoms with Gasteiger partial charge in [-0.05, 0) is 13.0 Å². The van der Waals surface area contributed by atoms with E-state index in [-0.39, 0.29) is 5.56 Å². The number of hydrogen-bond acceptors (Lipinski definition) is 4. The summed E-state index contributed by atoms with van der Waals surface area (Å²) in [7, 11) is -3.34. The van der Waals surface area contributed by atoms with Crippen LogP contribution in [0.25, 0.3) is 0 Å². The molecule has 0 fully saturated rings. The molecule has 7 nitrogen and oxygen atoms in total. The highest BCUT2D eigenvalue weighted by Gasteiger charge is 2.40. The van der Waals surface area contributed by atoms with Crippen molar-refractivity contribution in [2.75, 3.05) is 6.26 Å². The van der Waals surface area contributed by atoms with Crippen LogP contribution in [0.15, 0.2) is 22.8 Å². The molecule has 11 heteroatoms. The maximum absolute atomic E-state index is 12.4. The summed E-state index contributed by atoms with van der Waals surface area (Å²) >= 11 is 0. The van der Waals surface area contributed by atoms with Gasteiger partial charge in [0.15, 0.2) is 11.2 Å². The van der Waals surface area contributed by atoms with Crippen molar-refractivity contribution in [1.29, 1.82) is 0 Å². The van der Waals surface area contributed by atoms with E-state index in [4.69, 9.17) is 0 Å². The van der Waals surface area contributed by atoms with Crippen LogP contribution >= 0.6 is 0 Å². The van der Waals surface area contributed by atoms with Gasteiger partial charge in [-0.25, -0.2) is 14.3 Å². The normalized spacial score (nSPS) is 16.2. The van der Waals surface area contributed by atoms with Gasteiger partial charge >= 0.3 is 6.18 Å². The number of halogens is 3.